The molecule has 6 heteroatoms. The average molecular weight is 284 g/mol. The first-order valence-electron chi connectivity index (χ1n) is 7.31. The molecule has 2 amide bonds. The quantitative estimate of drug-likeness (QED) is 0.687. The van der Waals surface area contributed by atoms with E-state index in [1.807, 2.05) is 11.8 Å². The normalized spacial score (nSPS) is 15.9. The molecule has 1 fully saturated rings. The third kappa shape index (κ3) is 6.04. The van der Waals surface area contributed by atoms with Gasteiger partial charge in [0.05, 0.1) is 0 Å². The van der Waals surface area contributed by atoms with E-state index in [1.165, 1.54) is 0 Å². The second-order valence-corrected chi connectivity index (χ2v) is 5.18. The number of nitrogens with one attached hydrogen (secondary N) is 1. The fraction of sp³-hybridized carbons (Fsp3) is 0.786. The Kier molecular flexibility index (Phi) is 7.04. The largest absolute Gasteiger partial charge is 0.481 e. The van der Waals surface area contributed by atoms with Gasteiger partial charge in [0.1, 0.15) is 0 Å². The Morgan fingerprint density at radius 2 is 1.75 bits per heavy atom. The SMILES string of the molecule is CCC(=O)NC1CCN(C(=O)CCCCC(=O)O)CC1. The third-order valence-corrected chi connectivity index (χ3v) is 3.57. The van der Waals surface area contributed by atoms with Crippen molar-refractivity contribution in [1.82, 2.24) is 10.2 Å². The Morgan fingerprint density at radius 1 is 1.15 bits per heavy atom. The highest BCUT2D eigenvalue weighted by atomic mass is 16.4. The topological polar surface area (TPSA) is 86.7 Å². The zero-order chi connectivity index (χ0) is 15.0. The van der Waals surface area contributed by atoms with Gasteiger partial charge in [-0.3, -0.25) is 14.4 Å². The molecule has 1 heterocycles. The van der Waals surface area contributed by atoms with Gasteiger partial charge in [0.15, 0.2) is 0 Å². The van der Waals surface area contributed by atoms with Crippen molar-refractivity contribution in [2.75, 3.05) is 13.1 Å². The second kappa shape index (κ2) is 8.55. The predicted molar refractivity (Wildman–Crippen MR) is 74.1 cm³/mol. The summed E-state index contributed by atoms with van der Waals surface area (Å²) in [5, 5.41) is 11.5. The van der Waals surface area contributed by atoms with Crippen LogP contribution in [0.4, 0.5) is 0 Å². The number of aliphatic carboxylic acids is 1. The first-order valence-corrected chi connectivity index (χ1v) is 7.31. The summed E-state index contributed by atoms with van der Waals surface area (Å²) in [7, 11) is 0. The van der Waals surface area contributed by atoms with Crippen LogP contribution in [0.15, 0.2) is 0 Å². The predicted octanol–water partition coefficient (Wildman–Crippen LogP) is 1.15. The van der Waals surface area contributed by atoms with E-state index in [0.29, 0.717) is 38.8 Å². The maximum absolute atomic E-state index is 11.9. The molecule has 0 aromatic carbocycles. The van der Waals surface area contributed by atoms with Crippen molar-refractivity contribution in [2.45, 2.75) is 57.9 Å². The molecule has 1 saturated heterocycles. The van der Waals surface area contributed by atoms with Gasteiger partial charge in [0, 0.05) is 38.4 Å². The molecule has 1 rings (SSSR count). The summed E-state index contributed by atoms with van der Waals surface area (Å²) in [5.41, 5.74) is 0. The van der Waals surface area contributed by atoms with Crippen LogP contribution in [0.1, 0.15) is 51.9 Å². The third-order valence-electron chi connectivity index (χ3n) is 3.57. The van der Waals surface area contributed by atoms with E-state index in [-0.39, 0.29) is 24.3 Å². The first-order chi connectivity index (χ1) is 9.52. The Balaban J connectivity index is 2.18. The first kappa shape index (κ1) is 16.5. The fourth-order valence-corrected chi connectivity index (χ4v) is 2.31. The van der Waals surface area contributed by atoms with E-state index in [2.05, 4.69) is 5.32 Å². The average Bonchev–Trinajstić information content (AvgIpc) is 2.43. The molecule has 0 atom stereocenters. The summed E-state index contributed by atoms with van der Waals surface area (Å²) in [6.45, 7) is 3.17. The Hall–Kier alpha value is -1.59. The molecule has 0 saturated carbocycles. The number of nitrogens with zero attached hydrogens (tertiary/aromatic N) is 1. The van der Waals surface area contributed by atoms with Crippen molar-refractivity contribution < 1.29 is 19.5 Å². The van der Waals surface area contributed by atoms with Gasteiger partial charge in [-0.15, -0.1) is 0 Å². The summed E-state index contributed by atoms with van der Waals surface area (Å²) in [4.78, 5) is 35.4. The van der Waals surface area contributed by atoms with Crippen LogP contribution in [-0.4, -0.2) is 46.9 Å². The molecule has 0 spiro atoms. The lowest BCUT2D eigenvalue weighted by molar-refractivity contribution is -0.138. The van der Waals surface area contributed by atoms with Crippen LogP contribution in [0.5, 0.6) is 0 Å². The maximum Gasteiger partial charge on any atom is 0.303 e. The number of carbonyl (C=O) groups is 3. The molecule has 2 N–H and O–H groups in total. The van der Waals surface area contributed by atoms with Crippen molar-refractivity contribution in [1.29, 1.82) is 0 Å². The number of likely N-dealkylation sites (tertiary alicyclic amines) is 1. The number of rotatable bonds is 7. The molecule has 1 aliphatic heterocycles. The van der Waals surface area contributed by atoms with Gasteiger partial charge in [0.2, 0.25) is 11.8 Å². The number of carboxylic acid groups (broad SMARTS) is 1. The Labute approximate surface area is 119 Å². The Morgan fingerprint density at radius 3 is 2.30 bits per heavy atom. The van der Waals surface area contributed by atoms with E-state index in [1.54, 1.807) is 0 Å². The molecular weight excluding hydrogens is 260 g/mol. The lowest BCUT2D eigenvalue weighted by atomic mass is 10.0. The number of piperidine rings is 1. The van der Waals surface area contributed by atoms with Crippen LogP contribution < -0.4 is 5.32 Å². The molecule has 20 heavy (non-hydrogen) atoms. The van der Waals surface area contributed by atoms with Crippen LogP contribution in [-0.2, 0) is 14.4 Å². The van der Waals surface area contributed by atoms with Gasteiger partial charge < -0.3 is 15.3 Å². The Bertz CT molecular complexity index is 349. The highest BCUT2D eigenvalue weighted by Gasteiger charge is 2.23. The smallest absolute Gasteiger partial charge is 0.303 e. The minimum Gasteiger partial charge on any atom is -0.481 e. The molecule has 0 aromatic heterocycles. The standard InChI is InChI=1S/C14H24N2O4/c1-2-12(17)15-11-7-9-16(10-8-11)13(18)5-3-4-6-14(19)20/h11H,2-10H2,1H3,(H,15,17)(H,19,20). The van der Waals surface area contributed by atoms with Crippen molar-refractivity contribution >= 4 is 17.8 Å². The van der Waals surface area contributed by atoms with Gasteiger partial charge >= 0.3 is 5.97 Å². The van der Waals surface area contributed by atoms with Gasteiger partial charge in [-0.2, -0.15) is 0 Å². The number of amides is 2. The molecule has 0 aromatic rings. The minimum atomic E-state index is -0.815. The van der Waals surface area contributed by atoms with E-state index < -0.39 is 5.97 Å². The number of unbranched alkanes of at least 4 members (excludes halogenated alkanes) is 1. The molecule has 6 nitrogen and oxygen atoms in total. The number of carboxylic acids is 1. The van der Waals surface area contributed by atoms with Crippen LogP contribution in [0.2, 0.25) is 0 Å². The fourth-order valence-electron chi connectivity index (χ4n) is 2.31. The van der Waals surface area contributed by atoms with Crippen LogP contribution in [0.25, 0.3) is 0 Å². The summed E-state index contributed by atoms with van der Waals surface area (Å²) < 4.78 is 0. The van der Waals surface area contributed by atoms with Crippen molar-refractivity contribution in [3.8, 4) is 0 Å². The summed E-state index contributed by atoms with van der Waals surface area (Å²) in [6.07, 6.45) is 3.79. The molecule has 0 unspecified atom stereocenters. The zero-order valence-corrected chi connectivity index (χ0v) is 12.1. The monoisotopic (exact) mass is 284 g/mol. The molecule has 0 bridgehead atoms. The maximum atomic E-state index is 11.9. The lowest BCUT2D eigenvalue weighted by Crippen LogP contribution is -2.46. The second-order valence-electron chi connectivity index (χ2n) is 5.18. The number of carbonyl (C=O) groups excluding carboxylic acids is 2. The minimum absolute atomic E-state index is 0.0587. The van der Waals surface area contributed by atoms with Gasteiger partial charge in [-0.05, 0) is 25.7 Å². The lowest BCUT2D eigenvalue weighted by Gasteiger charge is -2.32. The summed E-state index contributed by atoms with van der Waals surface area (Å²) >= 11 is 0. The highest BCUT2D eigenvalue weighted by Crippen LogP contribution is 2.13. The number of hydrogen-bond donors (Lipinski definition) is 2. The van der Waals surface area contributed by atoms with Gasteiger partial charge in [-0.25, -0.2) is 0 Å². The zero-order valence-electron chi connectivity index (χ0n) is 12.1. The molecule has 114 valence electrons. The molecule has 0 aliphatic carbocycles. The summed E-state index contributed by atoms with van der Waals surface area (Å²) in [6, 6.07) is 0.179. The van der Waals surface area contributed by atoms with E-state index in [9.17, 15) is 14.4 Å². The van der Waals surface area contributed by atoms with E-state index in [0.717, 1.165) is 12.8 Å². The summed E-state index contributed by atoms with van der Waals surface area (Å²) in [5.74, 6) is -0.663. The molecule has 0 radical (unpaired) electrons. The van der Waals surface area contributed by atoms with Crippen molar-refractivity contribution in [3.63, 3.8) is 0 Å². The van der Waals surface area contributed by atoms with Crippen molar-refractivity contribution in [3.05, 3.63) is 0 Å². The van der Waals surface area contributed by atoms with Gasteiger partial charge in [-0.1, -0.05) is 6.92 Å². The van der Waals surface area contributed by atoms with Crippen molar-refractivity contribution in [2.24, 2.45) is 0 Å². The van der Waals surface area contributed by atoms with Crippen LogP contribution in [0.3, 0.4) is 0 Å². The number of hydrogen-bond acceptors (Lipinski definition) is 3. The van der Waals surface area contributed by atoms with Gasteiger partial charge in [0.25, 0.3) is 0 Å². The van der Waals surface area contributed by atoms with E-state index in [4.69, 9.17) is 5.11 Å². The van der Waals surface area contributed by atoms with Crippen LogP contribution in [0, 0.1) is 0 Å². The molecular formula is C14H24N2O4. The van der Waals surface area contributed by atoms with E-state index >= 15 is 0 Å². The van der Waals surface area contributed by atoms with Crippen LogP contribution >= 0.6 is 0 Å². The molecule has 1 aliphatic rings. The highest BCUT2D eigenvalue weighted by molar-refractivity contribution is 5.77.